The molecular weight excluding hydrogens is 374 g/mol. The Morgan fingerprint density at radius 1 is 1.13 bits per heavy atom. The van der Waals surface area contributed by atoms with Crippen molar-refractivity contribution < 1.29 is 9.47 Å². The third kappa shape index (κ3) is 4.72. The number of rotatable bonds is 6. The van der Waals surface area contributed by atoms with Gasteiger partial charge in [0.05, 0.1) is 10.4 Å². The van der Waals surface area contributed by atoms with Crippen LogP contribution >= 0.6 is 27.3 Å². The van der Waals surface area contributed by atoms with Crippen LogP contribution in [0.15, 0.2) is 40.2 Å². The van der Waals surface area contributed by atoms with Gasteiger partial charge in [0.15, 0.2) is 11.5 Å². The predicted octanol–water partition coefficient (Wildman–Crippen LogP) is 4.95. The van der Waals surface area contributed by atoms with Crippen molar-refractivity contribution in [2.45, 2.75) is 32.4 Å². The maximum atomic E-state index is 6.19. The lowest BCUT2D eigenvalue weighted by Gasteiger charge is -2.32. The van der Waals surface area contributed by atoms with E-state index in [4.69, 9.17) is 9.47 Å². The van der Waals surface area contributed by atoms with Crippen molar-refractivity contribution >= 4 is 27.3 Å². The summed E-state index contributed by atoms with van der Waals surface area (Å²) in [5.74, 6) is 1.72. The van der Waals surface area contributed by atoms with E-state index < -0.39 is 0 Å². The molecule has 23 heavy (non-hydrogen) atoms. The second-order valence-electron chi connectivity index (χ2n) is 5.68. The molecule has 1 aliphatic rings. The summed E-state index contributed by atoms with van der Waals surface area (Å²) in [4.78, 5) is 3.92. The number of para-hydroxylation sites is 2. The predicted molar refractivity (Wildman–Crippen MR) is 98.6 cm³/mol. The van der Waals surface area contributed by atoms with Crippen molar-refractivity contribution in [1.29, 1.82) is 0 Å². The van der Waals surface area contributed by atoms with Gasteiger partial charge in [-0.05, 0) is 60.0 Å². The van der Waals surface area contributed by atoms with Crippen LogP contribution < -0.4 is 9.47 Å². The first-order valence-electron chi connectivity index (χ1n) is 8.09. The average molecular weight is 396 g/mol. The average Bonchev–Trinajstić information content (AvgIpc) is 2.96. The maximum absolute atomic E-state index is 6.19. The van der Waals surface area contributed by atoms with Gasteiger partial charge in [-0.1, -0.05) is 12.1 Å². The van der Waals surface area contributed by atoms with Crippen LogP contribution in [0.4, 0.5) is 0 Å². The maximum Gasteiger partial charge on any atom is 0.161 e. The molecule has 0 N–H and O–H groups in total. The van der Waals surface area contributed by atoms with E-state index in [0.29, 0.717) is 6.61 Å². The van der Waals surface area contributed by atoms with Gasteiger partial charge in [0.1, 0.15) is 6.10 Å². The lowest BCUT2D eigenvalue weighted by molar-refractivity contribution is 0.0942. The molecule has 5 heteroatoms. The van der Waals surface area contributed by atoms with E-state index in [-0.39, 0.29) is 6.10 Å². The van der Waals surface area contributed by atoms with Gasteiger partial charge in [-0.15, -0.1) is 11.3 Å². The third-order valence-corrected chi connectivity index (χ3v) is 5.59. The van der Waals surface area contributed by atoms with E-state index in [1.807, 2.05) is 42.5 Å². The minimum atomic E-state index is 0.280. The molecule has 0 amide bonds. The van der Waals surface area contributed by atoms with Crippen molar-refractivity contribution in [3.63, 3.8) is 0 Å². The smallest absolute Gasteiger partial charge is 0.161 e. The Labute approximate surface area is 150 Å². The second-order valence-corrected chi connectivity index (χ2v) is 8.23. The quantitative estimate of drug-likeness (QED) is 0.690. The molecule has 0 unspecified atom stereocenters. The molecule has 3 rings (SSSR count). The zero-order valence-corrected chi connectivity index (χ0v) is 15.7. The van der Waals surface area contributed by atoms with Crippen molar-refractivity contribution in [2.24, 2.45) is 0 Å². The van der Waals surface area contributed by atoms with Gasteiger partial charge in [-0.3, -0.25) is 4.90 Å². The van der Waals surface area contributed by atoms with E-state index in [9.17, 15) is 0 Å². The third-order valence-electron chi connectivity index (χ3n) is 3.99. The number of benzene rings is 1. The minimum Gasteiger partial charge on any atom is -0.490 e. The normalized spacial score (nSPS) is 16.4. The number of thiophene rings is 1. The van der Waals surface area contributed by atoms with Gasteiger partial charge in [0.25, 0.3) is 0 Å². The largest absolute Gasteiger partial charge is 0.490 e. The molecule has 0 aliphatic carbocycles. The molecule has 1 fully saturated rings. The number of halogens is 1. The molecule has 1 aromatic heterocycles. The highest BCUT2D eigenvalue weighted by molar-refractivity contribution is 9.11. The molecule has 0 radical (unpaired) electrons. The van der Waals surface area contributed by atoms with Crippen LogP contribution in [0.3, 0.4) is 0 Å². The summed E-state index contributed by atoms with van der Waals surface area (Å²) < 4.78 is 13.0. The monoisotopic (exact) mass is 395 g/mol. The molecule has 0 spiro atoms. The molecule has 0 saturated carbocycles. The Kier molecular flexibility index (Phi) is 5.97. The van der Waals surface area contributed by atoms with E-state index in [1.165, 1.54) is 8.66 Å². The molecule has 3 nitrogen and oxygen atoms in total. The van der Waals surface area contributed by atoms with Gasteiger partial charge >= 0.3 is 0 Å². The Morgan fingerprint density at radius 2 is 1.87 bits per heavy atom. The molecule has 124 valence electrons. The Hall–Kier alpha value is -1.04. The Balaban J connectivity index is 1.51. The van der Waals surface area contributed by atoms with Crippen LogP contribution in [0.1, 0.15) is 24.6 Å². The summed E-state index contributed by atoms with van der Waals surface area (Å²) in [6.07, 6.45) is 2.41. The fourth-order valence-corrected chi connectivity index (χ4v) is 4.37. The van der Waals surface area contributed by atoms with E-state index in [0.717, 1.165) is 44.0 Å². The summed E-state index contributed by atoms with van der Waals surface area (Å²) in [5, 5.41) is 0. The van der Waals surface area contributed by atoms with Crippen LogP contribution in [-0.4, -0.2) is 30.7 Å². The summed E-state index contributed by atoms with van der Waals surface area (Å²) in [6, 6.07) is 12.3. The van der Waals surface area contributed by atoms with Gasteiger partial charge < -0.3 is 9.47 Å². The number of hydrogen-bond acceptors (Lipinski definition) is 4. The summed E-state index contributed by atoms with van der Waals surface area (Å²) in [6.45, 7) is 5.86. The number of piperidine rings is 1. The fourth-order valence-electron chi connectivity index (χ4n) is 2.84. The minimum absolute atomic E-state index is 0.280. The van der Waals surface area contributed by atoms with E-state index >= 15 is 0 Å². The lowest BCUT2D eigenvalue weighted by atomic mass is 10.1. The summed E-state index contributed by atoms with van der Waals surface area (Å²) in [5.41, 5.74) is 0. The van der Waals surface area contributed by atoms with Crippen LogP contribution in [0.2, 0.25) is 0 Å². The SMILES string of the molecule is CCOc1ccccc1OC1CCN(Cc2ccc(Br)s2)CC1. The highest BCUT2D eigenvalue weighted by Crippen LogP contribution is 2.30. The van der Waals surface area contributed by atoms with Crippen molar-refractivity contribution in [2.75, 3.05) is 19.7 Å². The zero-order chi connectivity index (χ0) is 16.1. The molecule has 0 atom stereocenters. The van der Waals surface area contributed by atoms with Crippen LogP contribution in [-0.2, 0) is 6.54 Å². The van der Waals surface area contributed by atoms with Crippen molar-refractivity contribution in [3.05, 3.63) is 45.1 Å². The molecular formula is C18H22BrNO2S. The second kappa shape index (κ2) is 8.18. The van der Waals surface area contributed by atoms with Crippen LogP contribution in [0.5, 0.6) is 11.5 Å². The van der Waals surface area contributed by atoms with E-state index in [1.54, 1.807) is 0 Å². The molecule has 2 aromatic rings. The number of hydrogen-bond donors (Lipinski definition) is 0. The standard InChI is InChI=1S/C18H22BrNO2S/c1-2-21-16-5-3-4-6-17(16)22-14-9-11-20(12-10-14)13-15-7-8-18(19)23-15/h3-8,14H,2,9-13H2,1H3. The van der Waals surface area contributed by atoms with Crippen LogP contribution in [0, 0.1) is 0 Å². The Bertz CT molecular complexity index is 623. The zero-order valence-electron chi connectivity index (χ0n) is 13.3. The molecule has 1 saturated heterocycles. The molecule has 0 bridgehead atoms. The first-order valence-corrected chi connectivity index (χ1v) is 9.70. The molecule has 1 aromatic carbocycles. The van der Waals surface area contributed by atoms with Gasteiger partial charge in [0, 0.05) is 24.5 Å². The number of nitrogens with zero attached hydrogens (tertiary/aromatic N) is 1. The number of likely N-dealkylation sites (tertiary alicyclic amines) is 1. The van der Waals surface area contributed by atoms with Crippen LogP contribution in [0.25, 0.3) is 0 Å². The highest BCUT2D eigenvalue weighted by Gasteiger charge is 2.22. The Morgan fingerprint density at radius 3 is 2.52 bits per heavy atom. The van der Waals surface area contributed by atoms with Gasteiger partial charge in [0.2, 0.25) is 0 Å². The first kappa shape index (κ1) is 16.8. The van der Waals surface area contributed by atoms with Gasteiger partial charge in [-0.2, -0.15) is 0 Å². The molecule has 1 aliphatic heterocycles. The lowest BCUT2D eigenvalue weighted by Crippen LogP contribution is -2.37. The summed E-state index contributed by atoms with van der Waals surface area (Å²) in [7, 11) is 0. The number of ether oxygens (including phenoxy) is 2. The first-order chi connectivity index (χ1) is 11.2. The van der Waals surface area contributed by atoms with Crippen molar-refractivity contribution in [3.8, 4) is 11.5 Å². The van der Waals surface area contributed by atoms with E-state index in [2.05, 4.69) is 33.0 Å². The highest BCUT2D eigenvalue weighted by atomic mass is 79.9. The van der Waals surface area contributed by atoms with Crippen molar-refractivity contribution in [1.82, 2.24) is 4.90 Å². The topological polar surface area (TPSA) is 21.7 Å². The summed E-state index contributed by atoms with van der Waals surface area (Å²) >= 11 is 5.35. The van der Waals surface area contributed by atoms with Gasteiger partial charge in [-0.25, -0.2) is 0 Å². The fraction of sp³-hybridized carbons (Fsp3) is 0.444. The molecule has 2 heterocycles.